The smallest absolute Gasteiger partial charge is 0.238 e. The Morgan fingerprint density at radius 3 is 2.24 bits per heavy atom. The highest BCUT2D eigenvalue weighted by atomic mass is 16.1. The largest absolute Gasteiger partial charge is 0.368 e. The highest BCUT2D eigenvalue weighted by Crippen LogP contribution is 2.55. The topological polar surface area (TPSA) is 72.3 Å². The molecule has 0 aromatic heterocycles. The van der Waals surface area contributed by atoms with E-state index in [-0.39, 0.29) is 11.4 Å². The van der Waals surface area contributed by atoms with Crippen molar-refractivity contribution in [1.29, 1.82) is 0 Å². The first-order valence-corrected chi connectivity index (χ1v) is 8.74. The third-order valence-corrected chi connectivity index (χ3v) is 6.21. The first-order chi connectivity index (χ1) is 9.90. The van der Waals surface area contributed by atoms with Crippen molar-refractivity contribution in [1.82, 2.24) is 4.90 Å². The average molecular weight is 295 g/mol. The van der Waals surface area contributed by atoms with E-state index < -0.39 is 5.54 Å². The van der Waals surface area contributed by atoms with Crippen molar-refractivity contribution in [2.75, 3.05) is 13.1 Å². The number of carbonyl (C=O) groups is 1. The summed E-state index contributed by atoms with van der Waals surface area (Å²) >= 11 is 0. The predicted octanol–water partition coefficient (Wildman–Crippen LogP) is 2.26. The zero-order chi connectivity index (χ0) is 15.7. The summed E-state index contributed by atoms with van der Waals surface area (Å²) in [4.78, 5) is 14.0. The SMILES string of the molecule is CCCCCCCC(C)(CC)N1C[C@@H]2[C@H](C1)[C@@]2(N)C(N)=O. The minimum Gasteiger partial charge on any atom is -0.368 e. The fourth-order valence-electron chi connectivity index (χ4n) is 4.14. The lowest BCUT2D eigenvalue weighted by molar-refractivity contribution is -0.121. The lowest BCUT2D eigenvalue weighted by atomic mass is 9.88. The van der Waals surface area contributed by atoms with E-state index in [1.54, 1.807) is 0 Å². The molecule has 0 radical (unpaired) electrons. The van der Waals surface area contributed by atoms with Crippen molar-refractivity contribution in [2.45, 2.75) is 76.8 Å². The molecule has 21 heavy (non-hydrogen) atoms. The predicted molar refractivity (Wildman–Crippen MR) is 86.7 cm³/mol. The number of nitrogens with zero attached hydrogens (tertiary/aromatic N) is 1. The molecule has 4 N–H and O–H groups in total. The molecule has 1 amide bonds. The maximum atomic E-state index is 11.5. The molecule has 1 saturated heterocycles. The van der Waals surface area contributed by atoms with Crippen molar-refractivity contribution >= 4 is 5.91 Å². The molecule has 4 atom stereocenters. The molecular formula is C17H33N3O. The number of rotatable bonds is 9. The molecule has 1 heterocycles. The second-order valence-corrected chi connectivity index (χ2v) is 7.43. The normalized spacial score (nSPS) is 34.5. The first kappa shape index (κ1) is 16.8. The van der Waals surface area contributed by atoms with Gasteiger partial charge in [-0.3, -0.25) is 9.69 Å². The average Bonchev–Trinajstić information content (AvgIpc) is 2.85. The summed E-state index contributed by atoms with van der Waals surface area (Å²) in [6.45, 7) is 8.80. The van der Waals surface area contributed by atoms with Crippen LogP contribution in [0.25, 0.3) is 0 Å². The minimum atomic E-state index is -0.702. The van der Waals surface area contributed by atoms with Gasteiger partial charge in [0.15, 0.2) is 0 Å². The van der Waals surface area contributed by atoms with Gasteiger partial charge in [-0.15, -0.1) is 0 Å². The van der Waals surface area contributed by atoms with Crippen molar-refractivity contribution in [3.8, 4) is 0 Å². The van der Waals surface area contributed by atoms with Gasteiger partial charge in [-0.1, -0.05) is 46.0 Å². The Balaban J connectivity index is 1.82. The lowest BCUT2D eigenvalue weighted by Gasteiger charge is -2.40. The Labute approximate surface area is 129 Å². The zero-order valence-corrected chi connectivity index (χ0v) is 14.0. The van der Waals surface area contributed by atoms with Gasteiger partial charge in [0.1, 0.15) is 5.54 Å². The standard InChI is InChI=1S/C17H33N3O/c1-4-6-7-8-9-10-16(3,5-2)20-11-13-14(12-20)17(13,19)15(18)21/h13-14H,4-12,19H2,1-3H3,(H2,18,21)/t13-,14+,16?,17-. The summed E-state index contributed by atoms with van der Waals surface area (Å²) < 4.78 is 0. The number of hydrogen-bond donors (Lipinski definition) is 2. The van der Waals surface area contributed by atoms with Gasteiger partial charge in [0.2, 0.25) is 5.91 Å². The molecule has 1 unspecified atom stereocenters. The molecule has 4 nitrogen and oxygen atoms in total. The number of amides is 1. The molecule has 2 rings (SSSR count). The van der Waals surface area contributed by atoms with Crippen LogP contribution in [-0.2, 0) is 4.79 Å². The van der Waals surface area contributed by atoms with E-state index in [0.717, 1.165) is 19.5 Å². The van der Waals surface area contributed by atoms with Gasteiger partial charge < -0.3 is 11.5 Å². The van der Waals surface area contributed by atoms with Gasteiger partial charge in [-0.05, 0) is 19.8 Å². The highest BCUT2D eigenvalue weighted by molar-refractivity contribution is 5.89. The molecule has 2 aliphatic rings. The molecule has 2 fully saturated rings. The van der Waals surface area contributed by atoms with Crippen LogP contribution in [0.5, 0.6) is 0 Å². The number of likely N-dealkylation sites (tertiary alicyclic amines) is 1. The molecule has 1 aliphatic heterocycles. The van der Waals surface area contributed by atoms with Crippen LogP contribution in [-0.4, -0.2) is 35.0 Å². The number of primary amides is 1. The molecule has 1 aliphatic carbocycles. The van der Waals surface area contributed by atoms with Crippen LogP contribution in [0.2, 0.25) is 0 Å². The number of carbonyl (C=O) groups excluding carboxylic acids is 1. The second kappa shape index (κ2) is 6.25. The van der Waals surface area contributed by atoms with Gasteiger partial charge in [0, 0.05) is 30.5 Å². The van der Waals surface area contributed by atoms with Crippen molar-refractivity contribution in [3.63, 3.8) is 0 Å². The molecule has 122 valence electrons. The van der Waals surface area contributed by atoms with Gasteiger partial charge >= 0.3 is 0 Å². The Kier molecular flexibility index (Phi) is 4.99. The molecule has 0 bridgehead atoms. The summed E-state index contributed by atoms with van der Waals surface area (Å²) in [5, 5.41) is 0. The van der Waals surface area contributed by atoms with E-state index in [4.69, 9.17) is 11.5 Å². The molecular weight excluding hydrogens is 262 g/mol. The summed E-state index contributed by atoms with van der Waals surface area (Å²) in [5.74, 6) is 0.275. The third-order valence-electron chi connectivity index (χ3n) is 6.21. The van der Waals surface area contributed by atoms with Crippen molar-refractivity contribution in [2.24, 2.45) is 23.3 Å². The zero-order valence-electron chi connectivity index (χ0n) is 14.0. The van der Waals surface area contributed by atoms with Crippen molar-refractivity contribution < 1.29 is 4.79 Å². The molecule has 0 aromatic carbocycles. The number of piperidine rings is 1. The van der Waals surface area contributed by atoms with E-state index >= 15 is 0 Å². The Morgan fingerprint density at radius 1 is 1.19 bits per heavy atom. The van der Waals surface area contributed by atoms with Crippen LogP contribution < -0.4 is 11.5 Å². The third kappa shape index (κ3) is 2.98. The van der Waals surface area contributed by atoms with Gasteiger partial charge in [-0.2, -0.15) is 0 Å². The summed E-state index contributed by atoms with van der Waals surface area (Å²) in [6.07, 6.45) is 9.06. The first-order valence-electron chi connectivity index (χ1n) is 8.74. The van der Waals surface area contributed by atoms with E-state index in [2.05, 4.69) is 25.7 Å². The van der Waals surface area contributed by atoms with Gasteiger partial charge in [-0.25, -0.2) is 0 Å². The van der Waals surface area contributed by atoms with Gasteiger partial charge in [0.25, 0.3) is 0 Å². The quantitative estimate of drug-likeness (QED) is 0.641. The number of fused-ring (bicyclic) bond motifs is 1. The number of hydrogen-bond acceptors (Lipinski definition) is 3. The molecule has 0 aromatic rings. The van der Waals surface area contributed by atoms with Gasteiger partial charge in [0.05, 0.1) is 0 Å². The van der Waals surface area contributed by atoms with Crippen LogP contribution in [0.15, 0.2) is 0 Å². The van der Waals surface area contributed by atoms with Crippen LogP contribution in [0.1, 0.15) is 65.7 Å². The van der Waals surface area contributed by atoms with E-state index in [0.29, 0.717) is 11.8 Å². The molecule has 4 heteroatoms. The van der Waals surface area contributed by atoms with Crippen LogP contribution in [0.4, 0.5) is 0 Å². The number of nitrogens with two attached hydrogens (primary N) is 2. The van der Waals surface area contributed by atoms with E-state index in [1.807, 2.05) is 0 Å². The minimum absolute atomic E-state index is 0.262. The van der Waals surface area contributed by atoms with Crippen LogP contribution in [0.3, 0.4) is 0 Å². The Morgan fingerprint density at radius 2 is 1.76 bits per heavy atom. The van der Waals surface area contributed by atoms with Crippen LogP contribution in [0, 0.1) is 11.8 Å². The second-order valence-electron chi connectivity index (χ2n) is 7.43. The van der Waals surface area contributed by atoms with E-state index in [1.165, 1.54) is 38.5 Å². The maximum Gasteiger partial charge on any atom is 0.238 e. The fourth-order valence-corrected chi connectivity index (χ4v) is 4.14. The fraction of sp³-hybridized carbons (Fsp3) is 0.941. The summed E-state index contributed by atoms with van der Waals surface area (Å²) in [7, 11) is 0. The van der Waals surface area contributed by atoms with Crippen molar-refractivity contribution in [3.05, 3.63) is 0 Å². The molecule has 1 saturated carbocycles. The monoisotopic (exact) mass is 295 g/mol. The summed E-state index contributed by atoms with van der Waals surface area (Å²) in [6, 6.07) is 0. The Hall–Kier alpha value is -0.610. The number of unbranched alkanes of at least 4 members (excludes halogenated alkanes) is 4. The highest BCUT2D eigenvalue weighted by Gasteiger charge is 2.70. The summed E-state index contributed by atoms with van der Waals surface area (Å²) in [5.41, 5.74) is 11.2. The van der Waals surface area contributed by atoms with Crippen LogP contribution >= 0.6 is 0 Å². The molecule has 0 spiro atoms. The lowest BCUT2D eigenvalue weighted by Crippen LogP contribution is -2.52. The maximum absolute atomic E-state index is 11.5. The van der Waals surface area contributed by atoms with E-state index in [9.17, 15) is 4.79 Å². The Bertz CT molecular complexity index is 372.